The topological polar surface area (TPSA) is 79.5 Å². The zero-order chi connectivity index (χ0) is 18.5. The highest BCUT2D eigenvalue weighted by Gasteiger charge is 2.37. The van der Waals surface area contributed by atoms with Gasteiger partial charge in [0.1, 0.15) is 5.75 Å². The molecule has 0 spiro atoms. The van der Waals surface area contributed by atoms with Crippen molar-refractivity contribution in [3.05, 3.63) is 36.0 Å². The lowest BCUT2D eigenvalue weighted by Gasteiger charge is -2.16. The molecule has 2 heterocycles. The van der Waals surface area contributed by atoms with Gasteiger partial charge in [-0.05, 0) is 12.1 Å². The molecule has 2 atom stereocenters. The quantitative estimate of drug-likeness (QED) is 0.785. The van der Waals surface area contributed by atoms with Crippen LogP contribution in [0.4, 0.5) is 0 Å². The van der Waals surface area contributed by atoms with Crippen molar-refractivity contribution in [2.75, 3.05) is 41.0 Å². The smallest absolute Gasteiger partial charge is 0.224 e. The van der Waals surface area contributed by atoms with Gasteiger partial charge in [-0.1, -0.05) is 12.1 Å². The van der Waals surface area contributed by atoms with Crippen LogP contribution >= 0.6 is 0 Å². The van der Waals surface area contributed by atoms with E-state index < -0.39 is 0 Å². The summed E-state index contributed by atoms with van der Waals surface area (Å²) in [6.07, 6.45) is 1.85. The fourth-order valence-corrected chi connectivity index (χ4v) is 3.71. The van der Waals surface area contributed by atoms with Crippen LogP contribution in [-0.4, -0.2) is 62.0 Å². The summed E-state index contributed by atoms with van der Waals surface area (Å²) in [5, 5.41) is 10.1. The number of likely N-dealkylation sites (tertiary alicyclic amines) is 1. The monoisotopic (exact) mass is 358 g/mol. The Kier molecular flexibility index (Phi) is 5.90. The summed E-state index contributed by atoms with van der Waals surface area (Å²) < 4.78 is 10.8. The van der Waals surface area contributed by atoms with E-state index in [1.54, 1.807) is 21.3 Å². The molecule has 2 aromatic rings. The van der Waals surface area contributed by atoms with Gasteiger partial charge >= 0.3 is 0 Å². The average molecular weight is 358 g/mol. The Morgan fingerprint density at radius 3 is 2.88 bits per heavy atom. The van der Waals surface area contributed by atoms with Crippen molar-refractivity contribution in [3.8, 4) is 17.0 Å². The maximum atomic E-state index is 12.2. The van der Waals surface area contributed by atoms with Crippen LogP contribution in [0.25, 0.3) is 11.3 Å². The van der Waals surface area contributed by atoms with Gasteiger partial charge in [-0.25, -0.2) is 0 Å². The summed E-state index contributed by atoms with van der Waals surface area (Å²) in [6, 6.07) is 7.88. The highest BCUT2D eigenvalue weighted by molar-refractivity contribution is 5.79. The number of nitrogens with one attached hydrogen (secondary N) is 2. The number of methoxy groups -OCH3 is 2. The molecule has 1 aromatic heterocycles. The van der Waals surface area contributed by atoms with Crippen LogP contribution in [0.2, 0.25) is 0 Å². The number of para-hydroxylation sites is 1. The standard InChI is InChI=1S/C19H26N4O3/c1-20-19(24)16-11-23(10-14(16)12-25-2)9-13-8-21-22-18(13)15-6-4-5-7-17(15)26-3/h4-8,14,16H,9-12H2,1-3H3,(H,20,24)(H,21,22). The van der Waals surface area contributed by atoms with Crippen molar-refractivity contribution in [1.29, 1.82) is 0 Å². The number of amides is 1. The van der Waals surface area contributed by atoms with E-state index >= 15 is 0 Å². The minimum absolute atomic E-state index is 0.0541. The van der Waals surface area contributed by atoms with Crippen LogP contribution in [0.3, 0.4) is 0 Å². The first-order valence-electron chi connectivity index (χ1n) is 8.76. The van der Waals surface area contributed by atoms with E-state index in [9.17, 15) is 4.79 Å². The molecule has 2 unspecified atom stereocenters. The molecule has 2 N–H and O–H groups in total. The third kappa shape index (κ3) is 3.73. The zero-order valence-corrected chi connectivity index (χ0v) is 15.5. The van der Waals surface area contributed by atoms with Crippen molar-refractivity contribution in [2.24, 2.45) is 11.8 Å². The van der Waals surface area contributed by atoms with Crippen molar-refractivity contribution in [2.45, 2.75) is 6.54 Å². The van der Waals surface area contributed by atoms with Crippen molar-refractivity contribution in [3.63, 3.8) is 0 Å². The van der Waals surface area contributed by atoms with Gasteiger partial charge < -0.3 is 14.8 Å². The second-order valence-electron chi connectivity index (χ2n) is 6.60. The van der Waals surface area contributed by atoms with E-state index in [0.29, 0.717) is 13.2 Å². The van der Waals surface area contributed by atoms with Gasteiger partial charge in [-0.15, -0.1) is 0 Å². The molecule has 140 valence electrons. The molecule has 0 radical (unpaired) electrons. The third-order valence-electron chi connectivity index (χ3n) is 4.97. The number of aromatic nitrogens is 2. The van der Waals surface area contributed by atoms with E-state index in [0.717, 1.165) is 35.7 Å². The van der Waals surface area contributed by atoms with Crippen LogP contribution in [0.15, 0.2) is 30.5 Å². The molecular formula is C19H26N4O3. The number of aromatic amines is 1. The van der Waals surface area contributed by atoms with Gasteiger partial charge in [-0.2, -0.15) is 5.10 Å². The molecule has 1 amide bonds. The maximum Gasteiger partial charge on any atom is 0.224 e. The average Bonchev–Trinajstić information content (AvgIpc) is 3.28. The first kappa shape index (κ1) is 18.4. The number of rotatable bonds is 7. The number of hydrogen-bond acceptors (Lipinski definition) is 5. The Balaban J connectivity index is 1.78. The largest absolute Gasteiger partial charge is 0.496 e. The summed E-state index contributed by atoms with van der Waals surface area (Å²) in [4.78, 5) is 14.5. The minimum Gasteiger partial charge on any atom is -0.496 e. The second-order valence-corrected chi connectivity index (χ2v) is 6.60. The maximum absolute atomic E-state index is 12.2. The molecule has 7 nitrogen and oxygen atoms in total. The second kappa shape index (κ2) is 8.33. The molecular weight excluding hydrogens is 332 g/mol. The van der Waals surface area contributed by atoms with Gasteiger partial charge in [0, 0.05) is 50.8 Å². The zero-order valence-electron chi connectivity index (χ0n) is 15.5. The molecule has 0 aliphatic carbocycles. The minimum atomic E-state index is -0.0541. The van der Waals surface area contributed by atoms with Gasteiger partial charge in [0.2, 0.25) is 5.91 Å². The predicted octanol–water partition coefficient (Wildman–Crippen LogP) is 1.53. The van der Waals surface area contributed by atoms with Crippen molar-refractivity contribution < 1.29 is 14.3 Å². The number of carbonyl (C=O) groups is 1. The summed E-state index contributed by atoms with van der Waals surface area (Å²) in [5.41, 5.74) is 3.02. The van der Waals surface area contributed by atoms with Crippen LogP contribution in [0.5, 0.6) is 5.75 Å². The fourth-order valence-electron chi connectivity index (χ4n) is 3.71. The molecule has 1 saturated heterocycles. The van der Waals surface area contributed by atoms with Crippen LogP contribution in [-0.2, 0) is 16.1 Å². The van der Waals surface area contributed by atoms with E-state index in [1.165, 1.54) is 0 Å². The molecule has 1 fully saturated rings. The van der Waals surface area contributed by atoms with Gasteiger partial charge in [0.05, 0.1) is 31.5 Å². The Labute approximate surface area is 153 Å². The van der Waals surface area contributed by atoms with Crippen molar-refractivity contribution >= 4 is 5.91 Å². The Hall–Kier alpha value is -2.38. The number of nitrogens with zero attached hydrogens (tertiary/aromatic N) is 2. The first-order valence-corrected chi connectivity index (χ1v) is 8.76. The molecule has 1 aliphatic heterocycles. The summed E-state index contributed by atoms with van der Waals surface area (Å²) in [7, 11) is 5.03. The number of hydrogen-bond donors (Lipinski definition) is 2. The third-order valence-corrected chi connectivity index (χ3v) is 4.97. The predicted molar refractivity (Wildman–Crippen MR) is 98.8 cm³/mol. The molecule has 1 aliphatic rings. The fraction of sp³-hybridized carbons (Fsp3) is 0.474. The SMILES string of the molecule is CNC(=O)C1CN(Cc2cn[nH]c2-c2ccccc2OC)CC1COC. The van der Waals surface area contributed by atoms with Crippen LogP contribution in [0, 0.1) is 11.8 Å². The number of carbonyl (C=O) groups excluding carboxylic acids is 1. The molecule has 3 rings (SSSR count). The summed E-state index contributed by atoms with van der Waals surface area (Å²) >= 11 is 0. The highest BCUT2D eigenvalue weighted by Crippen LogP contribution is 2.32. The number of benzene rings is 1. The Bertz CT molecular complexity index is 746. The van der Waals surface area contributed by atoms with E-state index in [2.05, 4.69) is 20.4 Å². The lowest BCUT2D eigenvalue weighted by atomic mass is 9.96. The number of H-pyrrole nitrogens is 1. The van der Waals surface area contributed by atoms with E-state index in [1.807, 2.05) is 30.5 Å². The summed E-state index contributed by atoms with van der Waals surface area (Å²) in [6.45, 7) is 2.84. The summed E-state index contributed by atoms with van der Waals surface area (Å²) in [5.74, 6) is 1.02. The first-order chi connectivity index (χ1) is 12.7. The van der Waals surface area contributed by atoms with Crippen LogP contribution < -0.4 is 10.1 Å². The van der Waals surface area contributed by atoms with Crippen molar-refractivity contribution in [1.82, 2.24) is 20.4 Å². The molecule has 7 heteroatoms. The van der Waals surface area contributed by atoms with Gasteiger partial charge in [-0.3, -0.25) is 14.8 Å². The molecule has 0 bridgehead atoms. The lowest BCUT2D eigenvalue weighted by Crippen LogP contribution is -2.34. The Morgan fingerprint density at radius 1 is 1.35 bits per heavy atom. The van der Waals surface area contributed by atoms with Crippen LogP contribution in [0.1, 0.15) is 5.56 Å². The van der Waals surface area contributed by atoms with E-state index in [-0.39, 0.29) is 17.7 Å². The number of ether oxygens (including phenoxy) is 2. The van der Waals surface area contributed by atoms with Gasteiger partial charge in [0.15, 0.2) is 0 Å². The van der Waals surface area contributed by atoms with E-state index in [4.69, 9.17) is 9.47 Å². The molecule has 26 heavy (non-hydrogen) atoms. The normalized spacial score (nSPS) is 20.3. The Morgan fingerprint density at radius 2 is 2.15 bits per heavy atom. The molecule has 1 aromatic carbocycles. The highest BCUT2D eigenvalue weighted by atomic mass is 16.5. The molecule has 0 saturated carbocycles. The lowest BCUT2D eigenvalue weighted by molar-refractivity contribution is -0.125. The van der Waals surface area contributed by atoms with Gasteiger partial charge in [0.25, 0.3) is 0 Å².